The van der Waals surface area contributed by atoms with Gasteiger partial charge in [0.05, 0.1) is 0 Å². The summed E-state index contributed by atoms with van der Waals surface area (Å²) in [6.07, 6.45) is 5.55. The van der Waals surface area contributed by atoms with Gasteiger partial charge in [-0.25, -0.2) is 0 Å². The van der Waals surface area contributed by atoms with Crippen molar-refractivity contribution in [1.82, 2.24) is 0 Å². The van der Waals surface area contributed by atoms with Crippen LogP contribution >= 0.6 is 0 Å². The van der Waals surface area contributed by atoms with Crippen LogP contribution in [0.4, 0.5) is 0 Å². The van der Waals surface area contributed by atoms with Gasteiger partial charge in [-0.1, -0.05) is 13.8 Å². The number of rotatable bonds is 0. The molecule has 2 unspecified atom stereocenters. The van der Waals surface area contributed by atoms with E-state index in [1.807, 2.05) is 0 Å². The van der Waals surface area contributed by atoms with E-state index in [0.717, 1.165) is 11.8 Å². The summed E-state index contributed by atoms with van der Waals surface area (Å²) in [5.41, 5.74) is 7.04. The fraction of sp³-hybridized carbons (Fsp3) is 0.571. The Balaban J connectivity index is 1.93. The van der Waals surface area contributed by atoms with Crippen molar-refractivity contribution in [3.05, 3.63) is 32.7 Å². The van der Waals surface area contributed by atoms with Crippen molar-refractivity contribution in [2.45, 2.75) is 45.4 Å². The Kier molecular flexibility index (Phi) is 1.11. The summed E-state index contributed by atoms with van der Waals surface area (Å²) in [4.78, 5) is 0. The molecular formula is C14H16. The maximum Gasteiger partial charge on any atom is -0.0105 e. The van der Waals surface area contributed by atoms with Crippen LogP contribution in [-0.4, -0.2) is 0 Å². The van der Waals surface area contributed by atoms with Crippen LogP contribution in [0, 0.1) is 16.4 Å². The quantitative estimate of drug-likeness (QED) is 0.590. The van der Waals surface area contributed by atoms with Gasteiger partial charge in [-0.3, -0.25) is 0 Å². The standard InChI is InChI=1S/C14H16/c1-7-3-4-9-10(5-7)13-11-6-8(2)12(11)14(9)13/h7-8H,3-6H2,1-2H3. The Morgan fingerprint density at radius 1 is 0.929 bits per heavy atom. The molecule has 0 aromatic heterocycles. The first-order valence-electron chi connectivity index (χ1n) is 5.98. The minimum Gasteiger partial charge on any atom is -0.0622 e. The summed E-state index contributed by atoms with van der Waals surface area (Å²) in [6, 6.07) is 0. The molecular weight excluding hydrogens is 168 g/mol. The van der Waals surface area contributed by atoms with Gasteiger partial charge in [-0.05, 0) is 70.2 Å². The molecule has 0 bridgehead atoms. The lowest BCUT2D eigenvalue weighted by Crippen LogP contribution is -2.30. The SMILES string of the molecule is CC1CCc2c(c3c4c(c2=3)C(C)C4)C1. The maximum absolute atomic E-state index is 2.40. The summed E-state index contributed by atoms with van der Waals surface area (Å²) in [5, 5.41) is 3.47. The summed E-state index contributed by atoms with van der Waals surface area (Å²) in [5.74, 6) is 1.82. The fourth-order valence-corrected chi connectivity index (χ4v) is 3.77. The van der Waals surface area contributed by atoms with Crippen LogP contribution in [0.3, 0.4) is 0 Å². The number of benzene rings is 1. The van der Waals surface area contributed by atoms with Crippen LogP contribution in [0.15, 0.2) is 0 Å². The summed E-state index contributed by atoms with van der Waals surface area (Å²) >= 11 is 0. The molecule has 0 spiro atoms. The Hall–Kier alpha value is -0.780. The van der Waals surface area contributed by atoms with Gasteiger partial charge in [0.2, 0.25) is 0 Å². The van der Waals surface area contributed by atoms with E-state index in [0.29, 0.717) is 0 Å². The Labute approximate surface area is 84.6 Å². The second kappa shape index (κ2) is 2.08. The minimum absolute atomic E-state index is 0.886. The minimum atomic E-state index is 0.886. The van der Waals surface area contributed by atoms with Crippen molar-refractivity contribution in [2.75, 3.05) is 0 Å². The average molecular weight is 184 g/mol. The third kappa shape index (κ3) is 0.599. The van der Waals surface area contributed by atoms with Crippen molar-refractivity contribution in [3.63, 3.8) is 0 Å². The zero-order valence-electron chi connectivity index (χ0n) is 8.98. The summed E-state index contributed by atoms with van der Waals surface area (Å²) in [6.45, 7) is 4.78. The van der Waals surface area contributed by atoms with E-state index in [-0.39, 0.29) is 0 Å². The first-order chi connectivity index (χ1) is 6.77. The van der Waals surface area contributed by atoms with Crippen molar-refractivity contribution in [2.24, 2.45) is 5.92 Å². The van der Waals surface area contributed by atoms with Crippen LogP contribution in [0.1, 0.15) is 48.4 Å². The highest BCUT2D eigenvalue weighted by Crippen LogP contribution is 2.48. The molecule has 72 valence electrons. The van der Waals surface area contributed by atoms with E-state index < -0.39 is 0 Å². The molecule has 0 N–H and O–H groups in total. The second-order valence-corrected chi connectivity index (χ2v) is 5.55. The highest BCUT2D eigenvalue weighted by molar-refractivity contribution is 5.60. The molecule has 14 heavy (non-hydrogen) atoms. The third-order valence-electron chi connectivity index (χ3n) is 4.56. The van der Waals surface area contributed by atoms with E-state index >= 15 is 0 Å². The molecule has 0 nitrogen and oxygen atoms in total. The first-order valence-corrected chi connectivity index (χ1v) is 5.98. The van der Waals surface area contributed by atoms with Crippen molar-refractivity contribution < 1.29 is 0 Å². The smallest absolute Gasteiger partial charge is 0.0105 e. The molecule has 4 aliphatic carbocycles. The van der Waals surface area contributed by atoms with E-state index in [2.05, 4.69) is 13.8 Å². The molecule has 0 aliphatic heterocycles. The van der Waals surface area contributed by atoms with Gasteiger partial charge in [0, 0.05) is 0 Å². The van der Waals surface area contributed by atoms with Crippen LogP contribution in [-0.2, 0) is 19.3 Å². The van der Waals surface area contributed by atoms with Gasteiger partial charge >= 0.3 is 0 Å². The van der Waals surface area contributed by atoms with E-state index in [1.165, 1.54) is 25.7 Å². The number of hydrogen-bond acceptors (Lipinski definition) is 0. The largest absolute Gasteiger partial charge is 0.0622 e. The monoisotopic (exact) mass is 184 g/mol. The van der Waals surface area contributed by atoms with Crippen molar-refractivity contribution >= 4 is 0 Å². The van der Waals surface area contributed by atoms with Gasteiger partial charge in [-0.2, -0.15) is 0 Å². The number of hydrogen-bond donors (Lipinski definition) is 0. The average Bonchev–Trinajstić information content (AvgIpc) is 2.13. The maximum atomic E-state index is 2.40. The topological polar surface area (TPSA) is 0 Å². The zero-order chi connectivity index (χ0) is 9.45. The molecule has 0 aromatic carbocycles. The molecule has 0 saturated heterocycles. The lowest BCUT2D eigenvalue weighted by molar-refractivity contribution is 0.483. The Morgan fingerprint density at radius 2 is 1.79 bits per heavy atom. The lowest BCUT2D eigenvalue weighted by atomic mass is 9.63. The molecule has 0 heteroatoms. The molecule has 0 fully saturated rings. The molecule has 0 amide bonds. The highest BCUT2D eigenvalue weighted by atomic mass is 14.4. The molecule has 0 aromatic rings. The van der Waals surface area contributed by atoms with Crippen LogP contribution in [0.5, 0.6) is 0 Å². The van der Waals surface area contributed by atoms with Gasteiger partial charge in [0.25, 0.3) is 0 Å². The van der Waals surface area contributed by atoms with E-state index in [1.54, 1.807) is 32.7 Å². The molecule has 4 aliphatic rings. The second-order valence-electron chi connectivity index (χ2n) is 5.55. The Morgan fingerprint density at radius 3 is 2.57 bits per heavy atom. The van der Waals surface area contributed by atoms with Crippen LogP contribution in [0.25, 0.3) is 0 Å². The van der Waals surface area contributed by atoms with Gasteiger partial charge < -0.3 is 0 Å². The first kappa shape index (κ1) is 7.50. The predicted octanol–water partition coefficient (Wildman–Crippen LogP) is 3.07. The summed E-state index contributed by atoms with van der Waals surface area (Å²) in [7, 11) is 0. The zero-order valence-corrected chi connectivity index (χ0v) is 8.98. The highest BCUT2D eigenvalue weighted by Gasteiger charge is 2.37. The molecule has 4 rings (SSSR count). The summed E-state index contributed by atoms with van der Waals surface area (Å²) < 4.78 is 0. The number of fused-ring (bicyclic) bond motifs is 6. The molecule has 2 atom stereocenters. The van der Waals surface area contributed by atoms with Crippen molar-refractivity contribution in [1.29, 1.82) is 0 Å². The van der Waals surface area contributed by atoms with Gasteiger partial charge in [-0.15, -0.1) is 0 Å². The van der Waals surface area contributed by atoms with Gasteiger partial charge in [0.1, 0.15) is 0 Å². The van der Waals surface area contributed by atoms with E-state index in [9.17, 15) is 0 Å². The molecule has 0 heterocycles. The third-order valence-corrected chi connectivity index (χ3v) is 4.56. The lowest BCUT2D eigenvalue weighted by Gasteiger charge is -2.41. The van der Waals surface area contributed by atoms with Crippen LogP contribution in [0.2, 0.25) is 0 Å². The molecule has 0 radical (unpaired) electrons. The normalized spacial score (nSPS) is 30.4. The van der Waals surface area contributed by atoms with Gasteiger partial charge in [0.15, 0.2) is 0 Å². The van der Waals surface area contributed by atoms with E-state index in [4.69, 9.17) is 0 Å². The predicted molar refractivity (Wildman–Crippen MR) is 57.4 cm³/mol. The van der Waals surface area contributed by atoms with Crippen LogP contribution < -0.4 is 0 Å². The molecule has 0 saturated carbocycles. The van der Waals surface area contributed by atoms with Crippen molar-refractivity contribution in [3.8, 4) is 0 Å². The fourth-order valence-electron chi connectivity index (χ4n) is 3.77. The Bertz CT molecular complexity index is 536.